The van der Waals surface area contributed by atoms with Crippen molar-refractivity contribution in [1.82, 2.24) is 24.9 Å². The lowest BCUT2D eigenvalue weighted by atomic mass is 9.93. The number of carbonyl (C=O) groups excluding carboxylic acids is 3. The molecular weight excluding hydrogens is 482 g/mol. The van der Waals surface area contributed by atoms with E-state index in [0.29, 0.717) is 44.2 Å². The van der Waals surface area contributed by atoms with Crippen LogP contribution in [-0.4, -0.2) is 70.0 Å². The molecule has 10 heteroatoms. The average molecular weight is 510 g/mol. The summed E-state index contributed by atoms with van der Waals surface area (Å²) < 4.78 is 7.87. The molecule has 5 rings (SSSR count). The topological polar surface area (TPSA) is 101 Å². The standard InChI is InChI=1S/C26H28ClN5O4/c1-16-23-21(8-5-19-15-32(29-24(19)23)14-18-3-6-20(27)7-4-18)36-25(16)26(35)28-13-22(34)31-11-9-30(10-12-31)17(2)33/h3-4,6-7,15H,5,8-14H2,1-2H3,(H,28,35). The Labute approximate surface area is 214 Å². The largest absolute Gasteiger partial charge is 0.455 e. The molecule has 1 aliphatic heterocycles. The molecule has 0 unspecified atom stereocenters. The minimum atomic E-state index is -0.417. The Bertz CT molecular complexity index is 1320. The summed E-state index contributed by atoms with van der Waals surface area (Å²) >= 11 is 5.99. The van der Waals surface area contributed by atoms with Crippen LogP contribution in [0.25, 0.3) is 11.3 Å². The molecule has 2 aliphatic rings. The van der Waals surface area contributed by atoms with Gasteiger partial charge in [0.1, 0.15) is 5.76 Å². The number of hydrogen-bond acceptors (Lipinski definition) is 5. The fourth-order valence-electron chi connectivity index (χ4n) is 4.86. The van der Waals surface area contributed by atoms with E-state index in [1.807, 2.05) is 42.1 Å². The van der Waals surface area contributed by atoms with Gasteiger partial charge < -0.3 is 19.5 Å². The lowest BCUT2D eigenvalue weighted by Gasteiger charge is -2.34. The summed E-state index contributed by atoms with van der Waals surface area (Å²) in [6.45, 7) is 5.81. The Morgan fingerprint density at radius 3 is 2.44 bits per heavy atom. The number of furan rings is 1. The lowest BCUT2D eigenvalue weighted by Crippen LogP contribution is -2.52. The number of hydrogen-bond donors (Lipinski definition) is 1. The molecule has 0 radical (unpaired) electrons. The van der Waals surface area contributed by atoms with Crippen molar-refractivity contribution >= 4 is 29.3 Å². The van der Waals surface area contributed by atoms with Crippen LogP contribution in [0.1, 0.15) is 39.9 Å². The quantitative estimate of drug-likeness (QED) is 0.570. The van der Waals surface area contributed by atoms with Gasteiger partial charge in [0.05, 0.1) is 18.8 Å². The number of carbonyl (C=O) groups is 3. The van der Waals surface area contributed by atoms with Gasteiger partial charge in [0.25, 0.3) is 5.91 Å². The second kappa shape index (κ2) is 9.81. The van der Waals surface area contributed by atoms with Crippen molar-refractivity contribution in [3.8, 4) is 11.3 Å². The maximum atomic E-state index is 12.9. The Kier molecular flexibility index (Phi) is 6.57. The smallest absolute Gasteiger partial charge is 0.287 e. The number of rotatable bonds is 5. The highest BCUT2D eigenvalue weighted by molar-refractivity contribution is 6.30. The first-order valence-electron chi connectivity index (χ1n) is 12.0. The van der Waals surface area contributed by atoms with Gasteiger partial charge in [-0.05, 0) is 36.6 Å². The van der Waals surface area contributed by atoms with E-state index in [2.05, 4.69) is 5.32 Å². The Balaban J connectivity index is 1.26. The van der Waals surface area contributed by atoms with Crippen LogP contribution in [0.2, 0.25) is 5.02 Å². The molecule has 3 amide bonds. The minimum Gasteiger partial charge on any atom is -0.455 e. The van der Waals surface area contributed by atoms with Crippen molar-refractivity contribution in [3.63, 3.8) is 0 Å². The minimum absolute atomic E-state index is 0.00522. The molecule has 3 heterocycles. The van der Waals surface area contributed by atoms with Gasteiger partial charge in [0, 0.05) is 61.9 Å². The van der Waals surface area contributed by atoms with Crippen LogP contribution in [0.5, 0.6) is 0 Å². The third kappa shape index (κ3) is 4.75. The third-order valence-electron chi connectivity index (χ3n) is 6.86. The van der Waals surface area contributed by atoms with Crippen LogP contribution >= 0.6 is 11.6 Å². The highest BCUT2D eigenvalue weighted by Gasteiger charge is 2.30. The van der Waals surface area contributed by atoms with Crippen molar-refractivity contribution < 1.29 is 18.8 Å². The average Bonchev–Trinajstić information content (AvgIpc) is 3.43. The number of amides is 3. The monoisotopic (exact) mass is 509 g/mol. The lowest BCUT2D eigenvalue weighted by molar-refractivity contribution is -0.137. The van der Waals surface area contributed by atoms with Gasteiger partial charge in [-0.2, -0.15) is 5.10 Å². The molecule has 1 aromatic carbocycles. The van der Waals surface area contributed by atoms with Crippen LogP contribution in [0.15, 0.2) is 34.9 Å². The Morgan fingerprint density at radius 2 is 1.75 bits per heavy atom. The summed E-state index contributed by atoms with van der Waals surface area (Å²) in [4.78, 5) is 40.4. The first-order valence-corrected chi connectivity index (χ1v) is 12.4. The van der Waals surface area contributed by atoms with E-state index in [4.69, 9.17) is 21.1 Å². The van der Waals surface area contributed by atoms with E-state index in [1.54, 1.807) is 9.80 Å². The summed E-state index contributed by atoms with van der Waals surface area (Å²) in [5.74, 6) is 0.372. The number of aromatic nitrogens is 2. The van der Waals surface area contributed by atoms with Gasteiger partial charge >= 0.3 is 0 Å². The van der Waals surface area contributed by atoms with E-state index >= 15 is 0 Å². The van der Waals surface area contributed by atoms with Crippen LogP contribution in [0.4, 0.5) is 0 Å². The zero-order chi connectivity index (χ0) is 25.4. The van der Waals surface area contributed by atoms with E-state index in [1.165, 1.54) is 6.92 Å². The maximum absolute atomic E-state index is 12.9. The molecule has 36 heavy (non-hydrogen) atoms. The number of nitrogens with one attached hydrogen (secondary N) is 1. The molecule has 0 saturated carbocycles. The second-order valence-corrected chi connectivity index (χ2v) is 9.69. The van der Waals surface area contributed by atoms with Crippen molar-refractivity contribution in [1.29, 1.82) is 0 Å². The summed E-state index contributed by atoms with van der Waals surface area (Å²) in [6.07, 6.45) is 3.51. The van der Waals surface area contributed by atoms with Gasteiger partial charge in [0.2, 0.25) is 11.8 Å². The van der Waals surface area contributed by atoms with Crippen LogP contribution in [0.3, 0.4) is 0 Å². The first kappa shape index (κ1) is 24.1. The van der Waals surface area contributed by atoms with Crippen LogP contribution < -0.4 is 5.32 Å². The van der Waals surface area contributed by atoms with Gasteiger partial charge in [-0.15, -0.1) is 0 Å². The predicted octanol–water partition coefficient (Wildman–Crippen LogP) is 2.67. The number of piperazine rings is 1. The number of fused-ring (bicyclic) bond motifs is 3. The van der Waals surface area contributed by atoms with Gasteiger partial charge in [-0.25, -0.2) is 0 Å². The Hall–Kier alpha value is -3.59. The molecule has 1 saturated heterocycles. The maximum Gasteiger partial charge on any atom is 0.287 e. The number of nitrogens with zero attached hydrogens (tertiary/aromatic N) is 4. The fraction of sp³-hybridized carbons (Fsp3) is 0.385. The Morgan fingerprint density at radius 1 is 1.06 bits per heavy atom. The number of aryl methyl sites for hydroxylation is 2. The molecule has 2 aromatic heterocycles. The zero-order valence-electron chi connectivity index (χ0n) is 20.3. The van der Waals surface area contributed by atoms with E-state index in [-0.39, 0.29) is 24.1 Å². The highest BCUT2D eigenvalue weighted by atomic mass is 35.5. The van der Waals surface area contributed by atoms with Crippen molar-refractivity contribution in [2.24, 2.45) is 0 Å². The first-order chi connectivity index (χ1) is 17.3. The molecule has 0 spiro atoms. The molecule has 1 fully saturated rings. The SMILES string of the molecule is CC(=O)N1CCN(C(=O)CNC(=O)c2oc3c(c2C)-c2nn(Cc4ccc(Cl)cc4)cc2CC3)CC1. The third-order valence-corrected chi connectivity index (χ3v) is 7.11. The second-order valence-electron chi connectivity index (χ2n) is 9.25. The number of halogens is 1. The molecule has 1 N–H and O–H groups in total. The highest BCUT2D eigenvalue weighted by Crippen LogP contribution is 2.38. The molecule has 1 aliphatic carbocycles. The molecule has 0 atom stereocenters. The summed E-state index contributed by atoms with van der Waals surface area (Å²) in [7, 11) is 0. The molecule has 0 bridgehead atoms. The number of benzene rings is 1. The van der Waals surface area contributed by atoms with Crippen molar-refractivity contribution in [2.45, 2.75) is 33.2 Å². The van der Waals surface area contributed by atoms with Gasteiger partial charge in [-0.1, -0.05) is 23.7 Å². The van der Waals surface area contributed by atoms with Crippen molar-refractivity contribution in [3.05, 3.63) is 63.7 Å². The van der Waals surface area contributed by atoms with Crippen molar-refractivity contribution in [2.75, 3.05) is 32.7 Å². The molecular formula is C26H28ClN5O4. The van der Waals surface area contributed by atoms with Gasteiger partial charge in [-0.3, -0.25) is 19.1 Å². The molecule has 3 aromatic rings. The van der Waals surface area contributed by atoms with E-state index in [0.717, 1.165) is 40.1 Å². The molecule has 188 valence electrons. The van der Waals surface area contributed by atoms with E-state index in [9.17, 15) is 14.4 Å². The van der Waals surface area contributed by atoms with Crippen LogP contribution in [-0.2, 0) is 29.0 Å². The van der Waals surface area contributed by atoms with Gasteiger partial charge in [0.15, 0.2) is 5.76 Å². The summed E-state index contributed by atoms with van der Waals surface area (Å²) in [5, 5.41) is 8.20. The zero-order valence-corrected chi connectivity index (χ0v) is 21.1. The summed E-state index contributed by atoms with van der Waals surface area (Å²) in [5.41, 5.74) is 4.64. The van der Waals surface area contributed by atoms with Crippen LogP contribution in [0, 0.1) is 6.92 Å². The summed E-state index contributed by atoms with van der Waals surface area (Å²) in [6, 6.07) is 7.68. The normalized spacial score (nSPS) is 14.9. The predicted molar refractivity (Wildman–Crippen MR) is 134 cm³/mol. The fourth-order valence-corrected chi connectivity index (χ4v) is 4.98. The molecule has 9 nitrogen and oxygen atoms in total. The van der Waals surface area contributed by atoms with E-state index < -0.39 is 5.91 Å².